The molecule has 1 heterocycles. The number of hydrogen-bond acceptors (Lipinski definition) is 5. The van der Waals surface area contributed by atoms with Crippen LogP contribution in [-0.4, -0.2) is 10.0 Å². The molecule has 20 heavy (non-hydrogen) atoms. The Hall–Kier alpha value is -1.51. The fourth-order valence-electron chi connectivity index (χ4n) is 1.45. The normalized spacial score (nSPS) is 12.2. The van der Waals surface area contributed by atoms with Crippen molar-refractivity contribution < 1.29 is 19.2 Å². The first-order valence-corrected chi connectivity index (χ1v) is 7.08. The summed E-state index contributed by atoms with van der Waals surface area (Å²) >= 11 is 4.02. The number of ether oxygens (including phenoxy) is 1. The van der Waals surface area contributed by atoms with E-state index in [4.69, 9.17) is 4.74 Å². The highest BCUT2D eigenvalue weighted by Crippen LogP contribution is 2.42. The lowest BCUT2D eigenvalue weighted by atomic mass is 10.3. The Morgan fingerprint density at radius 2 is 2.20 bits per heavy atom. The molecule has 1 N–H and O–H groups in total. The summed E-state index contributed by atoms with van der Waals surface area (Å²) in [6.07, 6.45) is -0.856. The fraction of sp³-hybridized carbons (Fsp3) is 0.167. The minimum atomic E-state index is -0.856. The third-order valence-electron chi connectivity index (χ3n) is 2.40. The summed E-state index contributed by atoms with van der Waals surface area (Å²) < 4.78 is 19.5. The SMILES string of the molecule is CC(O)c1cc([N+](=O)[O-])c(Oc2ccc(Br)cc2F)s1. The standard InChI is InChI=1S/C12H9BrFNO4S/c1-6(16)11-5-9(15(17)18)12(20-11)19-10-3-2-7(13)4-8(10)14/h2-6,16H,1H3. The van der Waals surface area contributed by atoms with E-state index in [0.29, 0.717) is 9.35 Å². The van der Waals surface area contributed by atoms with Gasteiger partial charge in [-0.1, -0.05) is 27.3 Å². The van der Waals surface area contributed by atoms with E-state index in [1.807, 2.05) is 0 Å². The Kier molecular flexibility index (Phi) is 4.36. The Balaban J connectivity index is 2.39. The molecule has 0 aliphatic heterocycles. The van der Waals surface area contributed by atoms with Crippen LogP contribution >= 0.6 is 27.3 Å². The molecule has 1 unspecified atom stereocenters. The monoisotopic (exact) mass is 361 g/mol. The molecular weight excluding hydrogens is 353 g/mol. The third kappa shape index (κ3) is 3.14. The maximum Gasteiger partial charge on any atom is 0.323 e. The molecule has 8 heteroatoms. The molecule has 0 bridgehead atoms. The predicted molar refractivity (Wildman–Crippen MR) is 75.8 cm³/mol. The van der Waals surface area contributed by atoms with Crippen LogP contribution in [0.1, 0.15) is 17.9 Å². The van der Waals surface area contributed by atoms with Crippen molar-refractivity contribution in [1.82, 2.24) is 0 Å². The molecule has 1 aromatic carbocycles. The zero-order valence-electron chi connectivity index (χ0n) is 10.2. The van der Waals surface area contributed by atoms with E-state index in [1.54, 1.807) is 6.07 Å². The van der Waals surface area contributed by atoms with Gasteiger partial charge in [0.25, 0.3) is 5.06 Å². The molecule has 0 fully saturated rings. The number of aliphatic hydroxyl groups excluding tert-OH is 1. The molecule has 1 aromatic heterocycles. The maximum absolute atomic E-state index is 13.7. The van der Waals surface area contributed by atoms with Gasteiger partial charge in [-0.05, 0) is 25.1 Å². The number of nitro groups is 1. The van der Waals surface area contributed by atoms with Crippen molar-refractivity contribution in [3.05, 3.63) is 49.5 Å². The van der Waals surface area contributed by atoms with Crippen molar-refractivity contribution in [2.45, 2.75) is 13.0 Å². The van der Waals surface area contributed by atoms with Crippen LogP contribution < -0.4 is 4.74 Å². The van der Waals surface area contributed by atoms with Crippen molar-refractivity contribution in [1.29, 1.82) is 0 Å². The van der Waals surface area contributed by atoms with Crippen LogP contribution in [-0.2, 0) is 0 Å². The van der Waals surface area contributed by atoms with Crippen LogP contribution in [0, 0.1) is 15.9 Å². The van der Waals surface area contributed by atoms with Gasteiger partial charge in [0, 0.05) is 15.4 Å². The molecule has 0 amide bonds. The lowest BCUT2D eigenvalue weighted by Gasteiger charge is -2.04. The largest absolute Gasteiger partial charge is 0.437 e. The molecule has 0 aliphatic carbocycles. The summed E-state index contributed by atoms with van der Waals surface area (Å²) in [6, 6.07) is 5.35. The number of hydrogen-bond donors (Lipinski definition) is 1. The van der Waals surface area contributed by atoms with E-state index < -0.39 is 16.8 Å². The smallest absolute Gasteiger partial charge is 0.323 e. The molecule has 0 saturated heterocycles. The summed E-state index contributed by atoms with van der Waals surface area (Å²) in [5, 5.41) is 20.3. The van der Waals surface area contributed by atoms with Gasteiger partial charge in [-0.15, -0.1) is 0 Å². The average Bonchev–Trinajstić information content (AvgIpc) is 2.77. The summed E-state index contributed by atoms with van der Waals surface area (Å²) in [5.74, 6) is -0.754. The zero-order valence-corrected chi connectivity index (χ0v) is 12.6. The van der Waals surface area contributed by atoms with E-state index in [9.17, 15) is 19.6 Å². The molecule has 0 aliphatic rings. The van der Waals surface area contributed by atoms with Crippen LogP contribution in [0.3, 0.4) is 0 Å². The Bertz CT molecular complexity index is 659. The number of halogens is 2. The highest BCUT2D eigenvalue weighted by atomic mass is 79.9. The second-order valence-corrected chi connectivity index (χ2v) is 5.89. The van der Waals surface area contributed by atoms with Gasteiger partial charge < -0.3 is 9.84 Å². The Labute approximate surface area is 125 Å². The second-order valence-electron chi connectivity index (χ2n) is 3.93. The quantitative estimate of drug-likeness (QED) is 0.646. The lowest BCUT2D eigenvalue weighted by molar-refractivity contribution is -0.385. The Morgan fingerprint density at radius 3 is 2.75 bits per heavy atom. The lowest BCUT2D eigenvalue weighted by Crippen LogP contribution is -1.91. The topological polar surface area (TPSA) is 72.6 Å². The van der Waals surface area contributed by atoms with E-state index in [0.717, 1.165) is 11.3 Å². The van der Waals surface area contributed by atoms with Crippen LogP contribution in [0.15, 0.2) is 28.7 Å². The van der Waals surface area contributed by atoms with Crippen LogP contribution in [0.25, 0.3) is 0 Å². The van der Waals surface area contributed by atoms with E-state index in [2.05, 4.69) is 15.9 Å². The minimum Gasteiger partial charge on any atom is -0.437 e. The van der Waals surface area contributed by atoms with E-state index in [-0.39, 0.29) is 16.5 Å². The van der Waals surface area contributed by atoms with Gasteiger partial charge in [-0.3, -0.25) is 10.1 Å². The first kappa shape index (κ1) is 14.9. The number of rotatable bonds is 4. The number of nitrogens with zero attached hydrogens (tertiary/aromatic N) is 1. The first-order valence-electron chi connectivity index (χ1n) is 5.47. The van der Waals surface area contributed by atoms with Gasteiger partial charge in [-0.25, -0.2) is 4.39 Å². The van der Waals surface area contributed by atoms with Crippen molar-refractivity contribution in [3.63, 3.8) is 0 Å². The van der Waals surface area contributed by atoms with Gasteiger partial charge in [-0.2, -0.15) is 0 Å². The van der Waals surface area contributed by atoms with E-state index in [1.165, 1.54) is 25.1 Å². The van der Waals surface area contributed by atoms with Crippen molar-refractivity contribution in [2.75, 3.05) is 0 Å². The molecule has 2 rings (SSSR count). The third-order valence-corrected chi connectivity index (χ3v) is 4.07. The predicted octanol–water partition coefficient (Wildman–Crippen LogP) is 4.40. The number of thiophene rings is 1. The molecule has 0 saturated carbocycles. The summed E-state index contributed by atoms with van der Waals surface area (Å²) in [4.78, 5) is 10.7. The number of aliphatic hydroxyl groups is 1. The Morgan fingerprint density at radius 1 is 1.50 bits per heavy atom. The van der Waals surface area contributed by atoms with Crippen molar-refractivity contribution in [3.8, 4) is 10.8 Å². The average molecular weight is 362 g/mol. The maximum atomic E-state index is 13.7. The zero-order chi connectivity index (χ0) is 14.9. The highest BCUT2D eigenvalue weighted by molar-refractivity contribution is 9.10. The van der Waals surface area contributed by atoms with Crippen LogP contribution in [0.5, 0.6) is 10.8 Å². The molecule has 1 atom stereocenters. The minimum absolute atomic E-state index is 0.0628. The van der Waals surface area contributed by atoms with Gasteiger partial charge in [0.2, 0.25) is 0 Å². The summed E-state index contributed by atoms with van der Waals surface area (Å²) in [6.45, 7) is 1.49. The van der Waals surface area contributed by atoms with Crippen molar-refractivity contribution in [2.24, 2.45) is 0 Å². The second kappa shape index (κ2) is 5.86. The van der Waals surface area contributed by atoms with Gasteiger partial charge in [0.1, 0.15) is 0 Å². The molecule has 106 valence electrons. The molecule has 0 spiro atoms. The van der Waals surface area contributed by atoms with Crippen molar-refractivity contribution >= 4 is 33.0 Å². The van der Waals surface area contributed by atoms with Crippen LogP contribution in [0.4, 0.5) is 10.1 Å². The van der Waals surface area contributed by atoms with Gasteiger partial charge >= 0.3 is 5.69 Å². The summed E-state index contributed by atoms with van der Waals surface area (Å²) in [7, 11) is 0. The summed E-state index contributed by atoms with van der Waals surface area (Å²) in [5.41, 5.74) is -0.298. The molecule has 0 radical (unpaired) electrons. The van der Waals surface area contributed by atoms with Gasteiger partial charge in [0.15, 0.2) is 11.6 Å². The number of benzene rings is 1. The first-order chi connectivity index (χ1) is 9.38. The molecule has 2 aromatic rings. The van der Waals surface area contributed by atoms with Gasteiger partial charge in [0.05, 0.1) is 11.0 Å². The van der Waals surface area contributed by atoms with E-state index >= 15 is 0 Å². The molecular formula is C12H9BrFNO4S. The van der Waals surface area contributed by atoms with Crippen LogP contribution in [0.2, 0.25) is 0 Å². The molecule has 5 nitrogen and oxygen atoms in total. The highest BCUT2D eigenvalue weighted by Gasteiger charge is 2.23. The fourth-order valence-corrected chi connectivity index (χ4v) is 2.70.